The molecule has 0 unspecified atom stereocenters. The summed E-state index contributed by atoms with van der Waals surface area (Å²) in [5.74, 6) is -0.239. The average Bonchev–Trinajstić information content (AvgIpc) is 2.16. The van der Waals surface area contributed by atoms with Gasteiger partial charge < -0.3 is 4.74 Å². The van der Waals surface area contributed by atoms with Gasteiger partial charge >= 0.3 is 5.97 Å². The second-order valence-electron chi connectivity index (χ2n) is 3.26. The van der Waals surface area contributed by atoms with Crippen molar-refractivity contribution in [2.24, 2.45) is 0 Å². The van der Waals surface area contributed by atoms with Crippen LogP contribution in [-0.2, 0) is 4.74 Å². The van der Waals surface area contributed by atoms with E-state index < -0.39 is 0 Å². The molecule has 0 heterocycles. The molecule has 4 heteroatoms. The summed E-state index contributed by atoms with van der Waals surface area (Å²) in [6.45, 7) is 2.43. The molecule has 0 N–H and O–H groups in total. The molecular formula is C11H12IO2Si. The van der Waals surface area contributed by atoms with Crippen LogP contribution < -0.4 is 0 Å². The third-order valence-corrected chi connectivity index (χ3v) is 2.81. The van der Waals surface area contributed by atoms with Gasteiger partial charge in [0.2, 0.25) is 0 Å². The molecule has 0 fully saturated rings. The molecule has 1 aromatic carbocycles. The third kappa shape index (κ3) is 4.34. The maximum atomic E-state index is 11.6. The van der Waals surface area contributed by atoms with Crippen LogP contribution in [0.25, 0.3) is 0 Å². The van der Waals surface area contributed by atoms with Gasteiger partial charge in [0, 0.05) is 13.8 Å². The van der Waals surface area contributed by atoms with Gasteiger partial charge in [0.15, 0.2) is 0 Å². The normalized spacial score (nSPS) is 10.1. The Morgan fingerprint density at radius 3 is 2.80 bits per heavy atom. The van der Waals surface area contributed by atoms with Crippen LogP contribution in [0.1, 0.15) is 22.3 Å². The van der Waals surface area contributed by atoms with Crippen molar-refractivity contribution in [1.82, 2.24) is 0 Å². The first-order valence-corrected chi connectivity index (χ1v) is 6.51. The van der Waals surface area contributed by atoms with Gasteiger partial charge in [0.05, 0.1) is 12.2 Å². The molecule has 0 saturated heterocycles. The number of hydrogen-bond donors (Lipinski definition) is 0. The number of rotatable bonds is 4. The van der Waals surface area contributed by atoms with Gasteiger partial charge in [-0.25, -0.2) is 4.79 Å². The molecule has 1 rings (SSSR count). The fourth-order valence-electron chi connectivity index (χ4n) is 1.17. The Morgan fingerprint density at radius 2 is 2.20 bits per heavy atom. The molecule has 2 nitrogen and oxygen atoms in total. The lowest BCUT2D eigenvalue weighted by Crippen LogP contribution is -2.06. The minimum absolute atomic E-state index is 0.239. The quantitative estimate of drug-likeness (QED) is 0.367. The van der Waals surface area contributed by atoms with Crippen LogP contribution in [0.5, 0.6) is 0 Å². The van der Waals surface area contributed by atoms with Crippen LogP contribution in [0.3, 0.4) is 0 Å². The van der Waals surface area contributed by atoms with Crippen molar-refractivity contribution in [2.75, 3.05) is 6.61 Å². The fraction of sp³-hybridized carbons (Fsp3) is 0.364. The lowest BCUT2D eigenvalue weighted by Gasteiger charge is -2.05. The summed E-state index contributed by atoms with van der Waals surface area (Å²) in [7, 11) is 3.33. The standard InChI is InChI=1S/C11H12IO2Si/c1-8-5-9(7-10(12)6-8)11(13)14-3-2-4-15/h5-7H,2-4H2,1H3. The fourth-order valence-corrected chi connectivity index (χ4v) is 2.15. The number of benzene rings is 1. The molecule has 0 spiro atoms. The van der Waals surface area contributed by atoms with Gasteiger partial charge in [-0.1, -0.05) is 6.04 Å². The van der Waals surface area contributed by atoms with Crippen molar-refractivity contribution >= 4 is 38.8 Å². The summed E-state index contributed by atoms with van der Waals surface area (Å²) in [6, 6.07) is 6.55. The van der Waals surface area contributed by atoms with Crippen molar-refractivity contribution in [3.8, 4) is 0 Å². The minimum atomic E-state index is -0.239. The first kappa shape index (κ1) is 12.7. The maximum Gasteiger partial charge on any atom is 0.338 e. The Bertz CT molecular complexity index is 332. The zero-order chi connectivity index (χ0) is 11.3. The zero-order valence-electron chi connectivity index (χ0n) is 8.55. The van der Waals surface area contributed by atoms with Gasteiger partial charge in [0.1, 0.15) is 0 Å². The Morgan fingerprint density at radius 1 is 1.47 bits per heavy atom. The van der Waals surface area contributed by atoms with Crippen LogP contribution >= 0.6 is 22.6 Å². The maximum absolute atomic E-state index is 11.6. The Kier molecular flexibility index (Phi) is 5.31. The molecule has 79 valence electrons. The lowest BCUT2D eigenvalue weighted by atomic mass is 10.1. The third-order valence-electron chi connectivity index (χ3n) is 1.83. The van der Waals surface area contributed by atoms with E-state index in [0.29, 0.717) is 12.2 Å². The number of carbonyl (C=O) groups is 1. The second-order valence-corrected chi connectivity index (χ2v) is 5.00. The molecule has 0 bridgehead atoms. The van der Waals surface area contributed by atoms with Crippen molar-refractivity contribution in [2.45, 2.75) is 19.4 Å². The highest BCUT2D eigenvalue weighted by Crippen LogP contribution is 2.12. The molecule has 3 radical (unpaired) electrons. The van der Waals surface area contributed by atoms with Crippen molar-refractivity contribution in [1.29, 1.82) is 0 Å². The molecule has 0 aliphatic heterocycles. The lowest BCUT2D eigenvalue weighted by molar-refractivity contribution is 0.0505. The van der Waals surface area contributed by atoms with Gasteiger partial charge in [-0.2, -0.15) is 0 Å². The Labute approximate surface area is 107 Å². The molecule has 0 aromatic heterocycles. The smallest absolute Gasteiger partial charge is 0.338 e. The Hall–Kier alpha value is -0.363. The van der Waals surface area contributed by atoms with Crippen molar-refractivity contribution in [3.05, 3.63) is 32.9 Å². The molecule has 0 aliphatic rings. The van der Waals surface area contributed by atoms with E-state index in [2.05, 4.69) is 32.8 Å². The first-order valence-electron chi connectivity index (χ1n) is 4.72. The van der Waals surface area contributed by atoms with E-state index in [9.17, 15) is 4.79 Å². The molecule has 0 aliphatic carbocycles. The predicted molar refractivity (Wildman–Crippen MR) is 69.4 cm³/mol. The highest BCUT2D eigenvalue weighted by atomic mass is 127. The highest BCUT2D eigenvalue weighted by Gasteiger charge is 2.07. The van der Waals surface area contributed by atoms with Crippen LogP contribution in [-0.4, -0.2) is 22.8 Å². The summed E-state index contributed by atoms with van der Waals surface area (Å²) < 4.78 is 6.16. The van der Waals surface area contributed by atoms with E-state index in [1.54, 1.807) is 0 Å². The van der Waals surface area contributed by atoms with Crippen LogP contribution in [0.2, 0.25) is 6.04 Å². The average molecular weight is 331 g/mol. The number of carbonyl (C=O) groups excluding carboxylic acids is 1. The molecule has 0 saturated carbocycles. The monoisotopic (exact) mass is 331 g/mol. The molecular weight excluding hydrogens is 319 g/mol. The highest BCUT2D eigenvalue weighted by molar-refractivity contribution is 14.1. The Balaban J connectivity index is 2.65. The largest absolute Gasteiger partial charge is 0.462 e. The van der Waals surface area contributed by atoms with Gasteiger partial charge in [-0.05, 0) is 59.7 Å². The van der Waals surface area contributed by atoms with E-state index in [4.69, 9.17) is 4.74 Å². The van der Waals surface area contributed by atoms with Crippen LogP contribution in [0.15, 0.2) is 18.2 Å². The van der Waals surface area contributed by atoms with E-state index in [1.165, 1.54) is 0 Å². The van der Waals surface area contributed by atoms with E-state index >= 15 is 0 Å². The van der Waals surface area contributed by atoms with E-state index in [0.717, 1.165) is 21.6 Å². The minimum Gasteiger partial charge on any atom is -0.462 e. The topological polar surface area (TPSA) is 26.3 Å². The summed E-state index contributed by atoms with van der Waals surface area (Å²) in [4.78, 5) is 11.6. The van der Waals surface area contributed by atoms with Crippen LogP contribution in [0, 0.1) is 10.5 Å². The second kappa shape index (κ2) is 6.27. The summed E-state index contributed by atoms with van der Waals surface area (Å²) in [5, 5.41) is 0. The summed E-state index contributed by atoms with van der Waals surface area (Å²) in [6.07, 6.45) is 0.839. The van der Waals surface area contributed by atoms with Crippen LogP contribution in [0.4, 0.5) is 0 Å². The molecule has 0 amide bonds. The molecule has 0 atom stereocenters. The number of esters is 1. The predicted octanol–water partition coefficient (Wildman–Crippen LogP) is 2.73. The molecule has 15 heavy (non-hydrogen) atoms. The van der Waals surface area contributed by atoms with Gasteiger partial charge in [-0.15, -0.1) is 0 Å². The van der Waals surface area contributed by atoms with Gasteiger partial charge in [0.25, 0.3) is 0 Å². The SMILES string of the molecule is Cc1cc(I)cc(C(=O)OCCC[Si])c1. The van der Waals surface area contributed by atoms with Gasteiger partial charge in [-0.3, -0.25) is 0 Å². The first-order chi connectivity index (χ1) is 7.13. The number of hydrogen-bond acceptors (Lipinski definition) is 2. The number of halogens is 1. The number of aryl methyl sites for hydroxylation is 1. The zero-order valence-corrected chi connectivity index (χ0v) is 11.7. The van der Waals surface area contributed by atoms with E-state index in [1.807, 2.05) is 25.1 Å². The summed E-state index contributed by atoms with van der Waals surface area (Å²) in [5.41, 5.74) is 1.71. The van der Waals surface area contributed by atoms with E-state index in [-0.39, 0.29) is 5.97 Å². The summed E-state index contributed by atoms with van der Waals surface area (Å²) >= 11 is 2.19. The molecule has 1 aromatic rings. The van der Waals surface area contributed by atoms with Crippen molar-refractivity contribution < 1.29 is 9.53 Å². The van der Waals surface area contributed by atoms with Crippen molar-refractivity contribution in [3.63, 3.8) is 0 Å². The number of ether oxygens (including phenoxy) is 1.